The van der Waals surface area contributed by atoms with Crippen molar-refractivity contribution in [2.75, 3.05) is 17.0 Å². The molecule has 0 saturated heterocycles. The molecule has 2 heterocycles. The molecule has 0 spiro atoms. The van der Waals surface area contributed by atoms with Crippen molar-refractivity contribution in [3.8, 4) is 0 Å². The van der Waals surface area contributed by atoms with Crippen LogP contribution in [0.1, 0.15) is 10.4 Å². The van der Waals surface area contributed by atoms with Crippen molar-refractivity contribution < 1.29 is 17.6 Å². The highest BCUT2D eigenvalue weighted by molar-refractivity contribution is 7.92. The minimum atomic E-state index is -3.64. The van der Waals surface area contributed by atoms with E-state index in [2.05, 4.69) is 15.1 Å². The van der Waals surface area contributed by atoms with Crippen LogP contribution < -0.4 is 10.0 Å². The van der Waals surface area contributed by atoms with Crippen LogP contribution in [0.2, 0.25) is 0 Å². The smallest absolute Gasteiger partial charge is 0.251 e. The number of nitrogens with zero attached hydrogens (tertiary/aromatic N) is 2. The minimum Gasteiger partial charge on any atom is -0.351 e. The van der Waals surface area contributed by atoms with Crippen molar-refractivity contribution in [1.29, 1.82) is 0 Å². The maximum atomic E-state index is 13.1. The molecule has 9 heteroatoms. The lowest BCUT2D eigenvalue weighted by Gasteiger charge is -2.09. The summed E-state index contributed by atoms with van der Waals surface area (Å²) in [7, 11) is -3.64. The topological polar surface area (TPSA) is 92.6 Å². The summed E-state index contributed by atoms with van der Waals surface area (Å²) in [5, 5.41) is 6.48. The lowest BCUT2D eigenvalue weighted by Crippen LogP contribution is -2.31. The minimum absolute atomic E-state index is 0.0976. The number of anilines is 1. The molecule has 0 aliphatic rings. The predicted octanol–water partition coefficient (Wildman–Crippen LogP) is 1.65. The molecule has 0 unspecified atom stereocenters. The molecule has 25 heavy (non-hydrogen) atoms. The average molecular weight is 362 g/mol. The Kier molecular flexibility index (Phi) is 4.66. The Morgan fingerprint density at radius 2 is 2.04 bits per heavy atom. The van der Waals surface area contributed by atoms with Crippen LogP contribution in [0.5, 0.6) is 0 Å². The molecule has 0 bridgehead atoms. The molecule has 0 radical (unpaired) electrons. The summed E-state index contributed by atoms with van der Waals surface area (Å²) in [6.45, 7) is -0.0976. The predicted molar refractivity (Wildman–Crippen MR) is 91.3 cm³/mol. The number of sulfonamides is 1. The molecule has 3 rings (SSSR count). The normalized spacial score (nSPS) is 11.4. The molecule has 0 atom stereocenters. The summed E-state index contributed by atoms with van der Waals surface area (Å²) in [4.78, 5) is 11.9. The van der Waals surface area contributed by atoms with Gasteiger partial charge in [-0.2, -0.15) is 5.10 Å². The molecule has 130 valence electrons. The van der Waals surface area contributed by atoms with Crippen LogP contribution in [0.15, 0.2) is 54.9 Å². The lowest BCUT2D eigenvalue weighted by molar-refractivity contribution is 0.0955. The third-order valence-electron chi connectivity index (χ3n) is 3.42. The number of rotatable bonds is 6. The number of carbonyl (C=O) groups excluding carboxylic acids is 1. The third kappa shape index (κ3) is 4.32. The second kappa shape index (κ2) is 6.89. The fourth-order valence-electron chi connectivity index (χ4n) is 2.25. The van der Waals surface area contributed by atoms with Gasteiger partial charge in [-0.25, -0.2) is 17.3 Å². The molecule has 0 saturated carbocycles. The van der Waals surface area contributed by atoms with Gasteiger partial charge in [0.2, 0.25) is 10.0 Å². The SMILES string of the molecule is O=C(NCCS(=O)(=O)Nc1ccn2nccc2c1)c1cccc(F)c1. The van der Waals surface area contributed by atoms with E-state index < -0.39 is 21.7 Å². The molecule has 1 aromatic carbocycles. The van der Waals surface area contributed by atoms with E-state index in [1.165, 1.54) is 18.2 Å². The molecule has 1 amide bonds. The number of hydrogen-bond acceptors (Lipinski definition) is 4. The van der Waals surface area contributed by atoms with Gasteiger partial charge >= 0.3 is 0 Å². The maximum Gasteiger partial charge on any atom is 0.251 e. The van der Waals surface area contributed by atoms with Crippen molar-refractivity contribution in [2.45, 2.75) is 0 Å². The van der Waals surface area contributed by atoms with E-state index in [1.807, 2.05) is 0 Å². The third-order valence-corrected chi connectivity index (χ3v) is 4.70. The van der Waals surface area contributed by atoms with Gasteiger partial charge in [0.05, 0.1) is 17.0 Å². The molecule has 0 fully saturated rings. The van der Waals surface area contributed by atoms with Crippen molar-refractivity contribution in [3.63, 3.8) is 0 Å². The molecular formula is C16H15FN4O3S. The Labute approximate surface area is 143 Å². The fraction of sp³-hybridized carbons (Fsp3) is 0.125. The number of aromatic nitrogens is 2. The zero-order chi connectivity index (χ0) is 17.9. The first-order valence-corrected chi connectivity index (χ1v) is 9.06. The van der Waals surface area contributed by atoms with E-state index in [0.29, 0.717) is 5.69 Å². The van der Waals surface area contributed by atoms with Gasteiger partial charge in [-0.1, -0.05) is 6.07 Å². The molecule has 0 aliphatic heterocycles. The summed E-state index contributed by atoms with van der Waals surface area (Å²) < 4.78 is 41.3. The summed E-state index contributed by atoms with van der Waals surface area (Å²) in [5.41, 5.74) is 1.29. The first-order chi connectivity index (χ1) is 11.9. The van der Waals surface area contributed by atoms with Crippen molar-refractivity contribution in [1.82, 2.24) is 14.9 Å². The van der Waals surface area contributed by atoms with E-state index in [-0.39, 0.29) is 17.9 Å². The molecule has 7 nitrogen and oxygen atoms in total. The highest BCUT2D eigenvalue weighted by atomic mass is 32.2. The van der Waals surface area contributed by atoms with Crippen LogP contribution in [0.25, 0.3) is 5.52 Å². The quantitative estimate of drug-likeness (QED) is 0.697. The van der Waals surface area contributed by atoms with Crippen molar-refractivity contribution >= 4 is 27.1 Å². The highest BCUT2D eigenvalue weighted by Gasteiger charge is 2.13. The Morgan fingerprint density at radius 3 is 2.84 bits per heavy atom. The average Bonchev–Trinajstić information content (AvgIpc) is 3.01. The van der Waals surface area contributed by atoms with Crippen LogP contribution in [0.4, 0.5) is 10.1 Å². The van der Waals surface area contributed by atoms with Crippen LogP contribution in [0.3, 0.4) is 0 Å². The molecule has 2 N–H and O–H groups in total. The van der Waals surface area contributed by atoms with Crippen LogP contribution in [0, 0.1) is 5.82 Å². The van der Waals surface area contributed by atoms with Gasteiger partial charge < -0.3 is 5.32 Å². The van der Waals surface area contributed by atoms with E-state index >= 15 is 0 Å². The standard InChI is InChI=1S/C16H15FN4O3S/c17-13-3-1-2-12(10-13)16(22)18-7-9-25(23,24)20-14-5-8-21-15(11-14)4-6-19-21/h1-6,8,10-11,20H,7,9H2,(H,18,22). The van der Waals surface area contributed by atoms with Gasteiger partial charge in [0, 0.05) is 24.5 Å². The molecular weight excluding hydrogens is 347 g/mol. The van der Waals surface area contributed by atoms with Gasteiger partial charge in [-0.05, 0) is 36.4 Å². The van der Waals surface area contributed by atoms with Gasteiger partial charge in [-0.15, -0.1) is 0 Å². The number of hydrogen-bond donors (Lipinski definition) is 2. The van der Waals surface area contributed by atoms with Crippen molar-refractivity contribution in [2.24, 2.45) is 0 Å². The van der Waals surface area contributed by atoms with Crippen LogP contribution in [-0.2, 0) is 10.0 Å². The number of nitrogens with one attached hydrogen (secondary N) is 2. The summed E-state index contributed by atoms with van der Waals surface area (Å²) in [5.74, 6) is -1.37. The number of halogens is 1. The number of fused-ring (bicyclic) bond motifs is 1. The molecule has 3 aromatic rings. The number of benzene rings is 1. The highest BCUT2D eigenvalue weighted by Crippen LogP contribution is 2.13. The van der Waals surface area contributed by atoms with Crippen molar-refractivity contribution in [3.05, 3.63) is 66.2 Å². The van der Waals surface area contributed by atoms with Crippen LogP contribution in [-0.4, -0.2) is 36.2 Å². The van der Waals surface area contributed by atoms with E-state index in [9.17, 15) is 17.6 Å². The maximum absolute atomic E-state index is 13.1. The Hall–Kier alpha value is -2.94. The first-order valence-electron chi connectivity index (χ1n) is 7.41. The van der Waals surface area contributed by atoms with Gasteiger partial charge in [-0.3, -0.25) is 9.52 Å². The molecule has 0 aliphatic carbocycles. The van der Waals surface area contributed by atoms with Crippen LogP contribution >= 0.6 is 0 Å². The second-order valence-electron chi connectivity index (χ2n) is 5.30. The van der Waals surface area contributed by atoms with Gasteiger partial charge in [0.25, 0.3) is 5.91 Å². The number of amides is 1. The second-order valence-corrected chi connectivity index (χ2v) is 7.15. The van der Waals surface area contributed by atoms with Gasteiger partial charge in [0.1, 0.15) is 5.82 Å². The first kappa shape index (κ1) is 16.9. The van der Waals surface area contributed by atoms with Gasteiger partial charge in [0.15, 0.2) is 0 Å². The Morgan fingerprint density at radius 1 is 1.20 bits per heavy atom. The zero-order valence-corrected chi connectivity index (χ0v) is 13.8. The Bertz CT molecular complexity index is 1020. The lowest BCUT2D eigenvalue weighted by atomic mass is 10.2. The monoisotopic (exact) mass is 362 g/mol. The van der Waals surface area contributed by atoms with E-state index in [0.717, 1.165) is 11.6 Å². The molecule has 2 aromatic heterocycles. The number of pyridine rings is 1. The largest absolute Gasteiger partial charge is 0.351 e. The summed E-state index contributed by atoms with van der Waals surface area (Å²) in [6, 6.07) is 10.2. The summed E-state index contributed by atoms with van der Waals surface area (Å²) in [6.07, 6.45) is 3.24. The Balaban J connectivity index is 1.57. The van der Waals surface area contributed by atoms with E-state index in [1.54, 1.807) is 35.1 Å². The summed E-state index contributed by atoms with van der Waals surface area (Å²) >= 11 is 0. The van der Waals surface area contributed by atoms with E-state index in [4.69, 9.17) is 0 Å². The number of carbonyl (C=O) groups is 1. The fourth-order valence-corrected chi connectivity index (χ4v) is 3.21. The zero-order valence-electron chi connectivity index (χ0n) is 13.0.